The highest BCUT2D eigenvalue weighted by atomic mass is 35.5. The third kappa shape index (κ3) is 4.52. The summed E-state index contributed by atoms with van der Waals surface area (Å²) in [5.41, 5.74) is 0.482. The van der Waals surface area contributed by atoms with Crippen molar-refractivity contribution < 1.29 is 19.6 Å². The van der Waals surface area contributed by atoms with Gasteiger partial charge in [-0.3, -0.25) is 20.2 Å². The molecule has 0 fully saturated rings. The van der Waals surface area contributed by atoms with Crippen LogP contribution >= 0.6 is 23.8 Å². The van der Waals surface area contributed by atoms with Crippen LogP contribution < -0.4 is 15.7 Å². The summed E-state index contributed by atoms with van der Waals surface area (Å²) in [5, 5.41) is 26.7. The van der Waals surface area contributed by atoms with Crippen molar-refractivity contribution in [1.82, 2.24) is 5.32 Å². The van der Waals surface area contributed by atoms with Gasteiger partial charge >= 0.3 is 0 Å². The predicted octanol–water partition coefficient (Wildman–Crippen LogP) is 2.05. The Hall–Kier alpha value is -3.04. The summed E-state index contributed by atoms with van der Waals surface area (Å²) in [7, 11) is 0. The van der Waals surface area contributed by atoms with Crippen molar-refractivity contribution in [2.45, 2.75) is 6.92 Å². The third-order valence-corrected chi connectivity index (χ3v) is 3.86. The largest absolute Gasteiger partial charge is 0.545 e. The summed E-state index contributed by atoms with van der Waals surface area (Å²) in [4.78, 5) is 33.4. The molecule has 10 heteroatoms. The van der Waals surface area contributed by atoms with Crippen LogP contribution in [0.2, 0.25) is 5.02 Å². The average molecular weight is 393 g/mol. The first kappa shape index (κ1) is 19.3. The number of halogens is 1. The van der Waals surface area contributed by atoms with Gasteiger partial charge in [0, 0.05) is 33.5 Å². The number of nitro groups is 1. The van der Waals surface area contributed by atoms with Crippen LogP contribution in [-0.2, 0) is 0 Å². The van der Waals surface area contributed by atoms with Gasteiger partial charge in [0.1, 0.15) is 0 Å². The molecule has 134 valence electrons. The highest BCUT2D eigenvalue weighted by Gasteiger charge is 2.15. The van der Waals surface area contributed by atoms with Crippen molar-refractivity contribution in [1.29, 1.82) is 0 Å². The van der Waals surface area contributed by atoms with Gasteiger partial charge in [0.05, 0.1) is 10.9 Å². The number of nitrogens with zero attached hydrogens (tertiary/aromatic N) is 1. The number of rotatable bonds is 4. The second-order valence-electron chi connectivity index (χ2n) is 5.15. The Labute approximate surface area is 157 Å². The van der Waals surface area contributed by atoms with E-state index in [-0.39, 0.29) is 26.9 Å². The molecule has 0 aromatic heterocycles. The normalized spacial score (nSPS) is 10.1. The number of aromatic carboxylic acids is 1. The number of nitrogens with one attached hydrogen (secondary N) is 2. The van der Waals surface area contributed by atoms with Crippen LogP contribution in [0.25, 0.3) is 0 Å². The van der Waals surface area contributed by atoms with Crippen molar-refractivity contribution in [3.63, 3.8) is 0 Å². The molecule has 0 heterocycles. The van der Waals surface area contributed by atoms with Gasteiger partial charge in [0.25, 0.3) is 11.6 Å². The zero-order valence-electron chi connectivity index (χ0n) is 13.2. The van der Waals surface area contributed by atoms with E-state index in [0.717, 1.165) is 0 Å². The Morgan fingerprint density at radius 3 is 2.46 bits per heavy atom. The standard InChI is InChI=1S/C16H12ClN3O5S/c1-8-6-9(2-5-13(8)20(24)25)14(21)19-16(26)18-10-3-4-12(17)11(7-10)15(22)23/h2-7H,1H3,(H,22,23)(H2,18,19,21,26)/p-1. The highest BCUT2D eigenvalue weighted by molar-refractivity contribution is 7.80. The summed E-state index contributed by atoms with van der Waals surface area (Å²) in [6.45, 7) is 1.51. The van der Waals surface area contributed by atoms with E-state index in [4.69, 9.17) is 23.8 Å². The molecular weight excluding hydrogens is 382 g/mol. The van der Waals surface area contributed by atoms with Gasteiger partial charge in [-0.2, -0.15) is 0 Å². The molecule has 2 N–H and O–H groups in total. The fourth-order valence-corrected chi connectivity index (χ4v) is 2.50. The first-order valence-corrected chi connectivity index (χ1v) is 7.86. The highest BCUT2D eigenvalue weighted by Crippen LogP contribution is 2.20. The number of thiocarbonyl (C=S) groups is 1. The van der Waals surface area contributed by atoms with E-state index in [1.54, 1.807) is 0 Å². The number of hydrogen-bond acceptors (Lipinski definition) is 6. The van der Waals surface area contributed by atoms with Crippen molar-refractivity contribution in [3.8, 4) is 0 Å². The molecule has 8 nitrogen and oxygen atoms in total. The summed E-state index contributed by atoms with van der Waals surface area (Å²) in [6.07, 6.45) is 0. The number of carboxylic acids is 1. The summed E-state index contributed by atoms with van der Waals surface area (Å²) < 4.78 is 0. The molecule has 0 bridgehead atoms. The maximum absolute atomic E-state index is 12.2. The third-order valence-electron chi connectivity index (χ3n) is 3.33. The molecule has 0 radical (unpaired) electrons. The first-order valence-electron chi connectivity index (χ1n) is 7.07. The van der Waals surface area contributed by atoms with E-state index in [1.807, 2.05) is 0 Å². The minimum atomic E-state index is -1.45. The number of carboxylic acid groups (broad SMARTS) is 1. The number of amides is 1. The Morgan fingerprint density at radius 2 is 1.88 bits per heavy atom. The molecule has 0 saturated carbocycles. The monoisotopic (exact) mass is 392 g/mol. The van der Waals surface area contributed by atoms with Crippen LogP contribution in [0.15, 0.2) is 36.4 Å². The van der Waals surface area contributed by atoms with Gasteiger partial charge in [-0.15, -0.1) is 0 Å². The molecule has 0 atom stereocenters. The molecule has 2 rings (SSSR count). The van der Waals surface area contributed by atoms with E-state index >= 15 is 0 Å². The molecular formula is C16H11ClN3O5S-. The number of hydrogen-bond donors (Lipinski definition) is 2. The number of carbonyl (C=O) groups excluding carboxylic acids is 2. The van der Waals surface area contributed by atoms with E-state index < -0.39 is 16.8 Å². The van der Waals surface area contributed by atoms with Gasteiger partial charge in [-0.25, -0.2) is 0 Å². The molecule has 0 aliphatic heterocycles. The molecule has 0 aliphatic carbocycles. The van der Waals surface area contributed by atoms with Gasteiger partial charge in [-0.1, -0.05) is 11.6 Å². The minimum Gasteiger partial charge on any atom is -0.545 e. The smallest absolute Gasteiger partial charge is 0.272 e. The van der Waals surface area contributed by atoms with Crippen LogP contribution in [0.1, 0.15) is 26.3 Å². The lowest BCUT2D eigenvalue weighted by atomic mass is 10.1. The predicted molar refractivity (Wildman–Crippen MR) is 97.3 cm³/mol. The topological polar surface area (TPSA) is 124 Å². The molecule has 0 saturated heterocycles. The van der Waals surface area contributed by atoms with E-state index in [2.05, 4.69) is 10.6 Å². The van der Waals surface area contributed by atoms with Crippen LogP contribution in [-0.4, -0.2) is 21.9 Å². The Balaban J connectivity index is 2.09. The molecule has 2 aromatic rings. The van der Waals surface area contributed by atoms with Crippen LogP contribution in [0, 0.1) is 17.0 Å². The average Bonchev–Trinajstić information content (AvgIpc) is 2.55. The molecule has 26 heavy (non-hydrogen) atoms. The lowest BCUT2D eigenvalue weighted by Gasteiger charge is -2.12. The number of benzene rings is 2. The fourth-order valence-electron chi connectivity index (χ4n) is 2.10. The van der Waals surface area contributed by atoms with Crippen LogP contribution in [0.3, 0.4) is 0 Å². The fraction of sp³-hybridized carbons (Fsp3) is 0.0625. The van der Waals surface area contributed by atoms with Crippen molar-refractivity contribution in [2.24, 2.45) is 0 Å². The molecule has 0 aliphatic rings. The number of aryl methyl sites for hydroxylation is 1. The lowest BCUT2D eigenvalue weighted by Crippen LogP contribution is -2.34. The molecule has 0 spiro atoms. The zero-order valence-corrected chi connectivity index (χ0v) is 14.8. The van der Waals surface area contributed by atoms with Crippen molar-refractivity contribution in [2.75, 3.05) is 5.32 Å². The van der Waals surface area contributed by atoms with Crippen molar-refractivity contribution >= 4 is 52.2 Å². The second kappa shape index (κ2) is 7.89. The van der Waals surface area contributed by atoms with Crippen LogP contribution in [0.5, 0.6) is 0 Å². The van der Waals surface area contributed by atoms with Crippen molar-refractivity contribution in [3.05, 3.63) is 68.2 Å². The molecule has 2 aromatic carbocycles. The van der Waals surface area contributed by atoms with Gasteiger partial charge in [-0.05, 0) is 49.5 Å². The SMILES string of the molecule is Cc1cc(C(=O)NC(=S)Nc2ccc(Cl)c(C(=O)[O-])c2)ccc1[N+](=O)[O-]. The van der Waals surface area contributed by atoms with E-state index in [0.29, 0.717) is 11.3 Å². The molecule has 1 amide bonds. The van der Waals surface area contributed by atoms with E-state index in [1.165, 1.54) is 43.3 Å². The minimum absolute atomic E-state index is 0.00635. The van der Waals surface area contributed by atoms with Gasteiger partial charge in [0.15, 0.2) is 5.11 Å². The number of carbonyl (C=O) groups is 2. The Morgan fingerprint density at radius 1 is 1.19 bits per heavy atom. The lowest BCUT2D eigenvalue weighted by molar-refractivity contribution is -0.385. The Bertz CT molecular complexity index is 932. The summed E-state index contributed by atoms with van der Waals surface area (Å²) in [5.74, 6) is -2.02. The Kier molecular flexibility index (Phi) is 5.86. The number of nitro benzene ring substituents is 1. The second-order valence-corrected chi connectivity index (χ2v) is 5.96. The summed E-state index contributed by atoms with van der Waals surface area (Å²) in [6, 6.07) is 7.94. The maximum Gasteiger partial charge on any atom is 0.272 e. The molecule has 0 unspecified atom stereocenters. The van der Waals surface area contributed by atoms with Gasteiger partial charge < -0.3 is 15.2 Å². The first-order chi connectivity index (χ1) is 12.2. The van der Waals surface area contributed by atoms with Gasteiger partial charge in [0.2, 0.25) is 0 Å². The number of anilines is 1. The maximum atomic E-state index is 12.2. The van der Waals surface area contributed by atoms with Crippen LogP contribution in [0.4, 0.5) is 11.4 Å². The van der Waals surface area contributed by atoms with E-state index in [9.17, 15) is 24.8 Å². The zero-order chi connectivity index (χ0) is 19.4. The quantitative estimate of drug-likeness (QED) is 0.463. The summed E-state index contributed by atoms with van der Waals surface area (Å²) >= 11 is 10.7.